The van der Waals surface area contributed by atoms with Crippen LogP contribution in [0.2, 0.25) is 0 Å². The van der Waals surface area contributed by atoms with Crippen LogP contribution in [-0.4, -0.2) is 0 Å². The van der Waals surface area contributed by atoms with Gasteiger partial charge in [0.05, 0.1) is 0 Å². The second-order valence-corrected chi connectivity index (χ2v) is 6.24. The van der Waals surface area contributed by atoms with Crippen LogP contribution in [0, 0.1) is 17.3 Å². The minimum atomic E-state index is 0.357. The van der Waals surface area contributed by atoms with Gasteiger partial charge in [-0.2, -0.15) is 0 Å². The van der Waals surface area contributed by atoms with Gasteiger partial charge >= 0.3 is 0 Å². The second kappa shape index (κ2) is 7.70. The molecule has 0 unspecified atom stereocenters. The highest BCUT2D eigenvalue weighted by Gasteiger charge is 2.14. The first-order valence-electron chi connectivity index (χ1n) is 6.68. The van der Waals surface area contributed by atoms with Crippen LogP contribution in [0.4, 0.5) is 0 Å². The molecule has 0 atom stereocenters. The standard InChI is InChI=1S/C16H30/c1-14(2)11-9-7-8-10-12-16(5,6)13-15(3)4/h9-12,14-15H,7-8,13H2,1-6H3. The highest BCUT2D eigenvalue weighted by atomic mass is 14.2. The molecule has 0 saturated heterocycles. The molecule has 0 aromatic heterocycles. The molecule has 0 spiro atoms. The fraction of sp³-hybridized carbons (Fsp3) is 0.750. The predicted molar refractivity (Wildman–Crippen MR) is 75.6 cm³/mol. The minimum absolute atomic E-state index is 0.357. The van der Waals surface area contributed by atoms with E-state index in [0.29, 0.717) is 11.3 Å². The summed E-state index contributed by atoms with van der Waals surface area (Å²) in [5, 5.41) is 0. The fourth-order valence-corrected chi connectivity index (χ4v) is 2.08. The lowest BCUT2D eigenvalue weighted by atomic mass is 9.83. The summed E-state index contributed by atoms with van der Waals surface area (Å²) in [5.41, 5.74) is 0.357. The third-order valence-corrected chi connectivity index (χ3v) is 2.52. The number of hydrogen-bond donors (Lipinski definition) is 0. The van der Waals surface area contributed by atoms with Gasteiger partial charge in [0, 0.05) is 0 Å². The molecule has 0 saturated carbocycles. The Hall–Kier alpha value is -0.520. The molecule has 0 amide bonds. The smallest absolute Gasteiger partial charge is 0.0172 e. The van der Waals surface area contributed by atoms with Gasteiger partial charge in [-0.3, -0.25) is 0 Å². The molecule has 0 heteroatoms. The molecule has 0 N–H and O–H groups in total. The van der Waals surface area contributed by atoms with E-state index in [4.69, 9.17) is 0 Å². The second-order valence-electron chi connectivity index (χ2n) is 6.24. The van der Waals surface area contributed by atoms with Crippen molar-refractivity contribution in [3.8, 4) is 0 Å². The van der Waals surface area contributed by atoms with Crippen molar-refractivity contribution in [1.29, 1.82) is 0 Å². The summed E-state index contributed by atoms with van der Waals surface area (Å²) in [6.07, 6.45) is 12.9. The summed E-state index contributed by atoms with van der Waals surface area (Å²) in [7, 11) is 0. The number of hydrogen-bond acceptors (Lipinski definition) is 0. The van der Waals surface area contributed by atoms with Crippen LogP contribution in [0.25, 0.3) is 0 Å². The maximum absolute atomic E-state index is 2.39. The van der Waals surface area contributed by atoms with Crippen LogP contribution in [0.15, 0.2) is 24.3 Å². The first-order chi connectivity index (χ1) is 7.33. The Kier molecular flexibility index (Phi) is 7.45. The van der Waals surface area contributed by atoms with Crippen molar-refractivity contribution in [2.24, 2.45) is 17.3 Å². The number of allylic oxidation sites excluding steroid dienone is 4. The van der Waals surface area contributed by atoms with Crippen molar-refractivity contribution in [3.63, 3.8) is 0 Å². The summed E-state index contributed by atoms with van der Waals surface area (Å²) in [6.45, 7) is 13.7. The summed E-state index contributed by atoms with van der Waals surface area (Å²) >= 11 is 0. The highest BCUT2D eigenvalue weighted by molar-refractivity contribution is 4.96. The molecule has 0 radical (unpaired) electrons. The van der Waals surface area contributed by atoms with Gasteiger partial charge in [-0.1, -0.05) is 65.8 Å². The lowest BCUT2D eigenvalue weighted by Gasteiger charge is -2.22. The zero-order valence-corrected chi connectivity index (χ0v) is 12.1. The molecule has 0 rings (SSSR count). The van der Waals surface area contributed by atoms with Gasteiger partial charge in [-0.25, -0.2) is 0 Å². The predicted octanol–water partition coefficient (Wildman–Crippen LogP) is 5.61. The molecule has 0 aromatic rings. The molecular formula is C16H30. The van der Waals surface area contributed by atoms with E-state index in [0.717, 1.165) is 5.92 Å². The topological polar surface area (TPSA) is 0 Å². The minimum Gasteiger partial charge on any atom is -0.0880 e. The van der Waals surface area contributed by atoms with Crippen LogP contribution < -0.4 is 0 Å². The first-order valence-corrected chi connectivity index (χ1v) is 6.68. The third-order valence-electron chi connectivity index (χ3n) is 2.52. The number of rotatable bonds is 7. The van der Waals surface area contributed by atoms with Crippen LogP contribution in [-0.2, 0) is 0 Å². The maximum Gasteiger partial charge on any atom is -0.0172 e. The van der Waals surface area contributed by atoms with Crippen LogP contribution >= 0.6 is 0 Å². The molecule has 0 aromatic carbocycles. The average Bonchev–Trinajstić information content (AvgIpc) is 2.08. The molecule has 0 aliphatic rings. The SMILES string of the molecule is CC(C)C=CCCC=CC(C)(C)CC(C)C. The Morgan fingerprint density at radius 3 is 2.00 bits per heavy atom. The van der Waals surface area contributed by atoms with Gasteiger partial charge in [0.2, 0.25) is 0 Å². The van der Waals surface area contributed by atoms with Gasteiger partial charge < -0.3 is 0 Å². The third kappa shape index (κ3) is 10.0. The largest absolute Gasteiger partial charge is 0.0880 e. The van der Waals surface area contributed by atoms with E-state index in [1.165, 1.54) is 19.3 Å². The monoisotopic (exact) mass is 222 g/mol. The lowest BCUT2D eigenvalue weighted by Crippen LogP contribution is -2.10. The van der Waals surface area contributed by atoms with Crippen molar-refractivity contribution >= 4 is 0 Å². The summed E-state index contributed by atoms with van der Waals surface area (Å²) in [5.74, 6) is 1.46. The van der Waals surface area contributed by atoms with E-state index >= 15 is 0 Å². The lowest BCUT2D eigenvalue weighted by molar-refractivity contribution is 0.365. The van der Waals surface area contributed by atoms with Crippen molar-refractivity contribution in [3.05, 3.63) is 24.3 Å². The van der Waals surface area contributed by atoms with E-state index in [2.05, 4.69) is 65.8 Å². The van der Waals surface area contributed by atoms with E-state index in [9.17, 15) is 0 Å². The molecule has 94 valence electrons. The Bertz CT molecular complexity index is 216. The van der Waals surface area contributed by atoms with Gasteiger partial charge in [-0.05, 0) is 36.5 Å². The summed E-state index contributed by atoms with van der Waals surface area (Å²) in [4.78, 5) is 0. The van der Waals surface area contributed by atoms with Gasteiger partial charge in [0.1, 0.15) is 0 Å². The zero-order chi connectivity index (χ0) is 12.6. The highest BCUT2D eigenvalue weighted by Crippen LogP contribution is 2.26. The quantitative estimate of drug-likeness (QED) is 0.388. The Labute approximate surface area is 103 Å². The van der Waals surface area contributed by atoms with E-state index < -0.39 is 0 Å². The fourth-order valence-electron chi connectivity index (χ4n) is 2.08. The van der Waals surface area contributed by atoms with E-state index in [1.807, 2.05) is 0 Å². The van der Waals surface area contributed by atoms with Crippen molar-refractivity contribution < 1.29 is 0 Å². The zero-order valence-electron chi connectivity index (χ0n) is 12.1. The Balaban J connectivity index is 3.82. The van der Waals surface area contributed by atoms with Crippen molar-refractivity contribution in [1.82, 2.24) is 0 Å². The molecule has 0 aliphatic carbocycles. The Morgan fingerprint density at radius 2 is 1.50 bits per heavy atom. The van der Waals surface area contributed by atoms with E-state index in [-0.39, 0.29) is 0 Å². The summed E-state index contributed by atoms with van der Waals surface area (Å²) in [6, 6.07) is 0. The van der Waals surface area contributed by atoms with Crippen molar-refractivity contribution in [2.75, 3.05) is 0 Å². The molecule has 0 nitrogen and oxygen atoms in total. The van der Waals surface area contributed by atoms with Crippen LogP contribution in [0.5, 0.6) is 0 Å². The number of unbranched alkanes of at least 4 members (excludes halogenated alkanes) is 1. The van der Waals surface area contributed by atoms with Gasteiger partial charge in [0.25, 0.3) is 0 Å². The van der Waals surface area contributed by atoms with Gasteiger partial charge in [-0.15, -0.1) is 0 Å². The molecular weight excluding hydrogens is 192 g/mol. The first kappa shape index (κ1) is 15.5. The summed E-state index contributed by atoms with van der Waals surface area (Å²) < 4.78 is 0. The average molecular weight is 222 g/mol. The normalized spacial score (nSPS) is 13.8. The van der Waals surface area contributed by atoms with Crippen molar-refractivity contribution in [2.45, 2.75) is 60.8 Å². The van der Waals surface area contributed by atoms with Crippen LogP contribution in [0.1, 0.15) is 60.8 Å². The molecule has 0 fully saturated rings. The van der Waals surface area contributed by atoms with Crippen LogP contribution in [0.3, 0.4) is 0 Å². The van der Waals surface area contributed by atoms with E-state index in [1.54, 1.807) is 0 Å². The molecule has 16 heavy (non-hydrogen) atoms. The molecule has 0 heterocycles. The molecule has 0 bridgehead atoms. The maximum atomic E-state index is 2.39. The van der Waals surface area contributed by atoms with Gasteiger partial charge in [0.15, 0.2) is 0 Å². The Morgan fingerprint density at radius 1 is 0.938 bits per heavy atom. The molecule has 0 aliphatic heterocycles.